The SMILES string of the molecule is O=C(O)C1SCCN1C(=O)c1ccc(NCCCCCCCCC2CCCCC2)cc1. The van der Waals surface area contributed by atoms with Crippen LogP contribution in [0.15, 0.2) is 24.3 Å². The standard InChI is InChI=1S/C25H38N2O3S/c28-23(27-18-19-31-24(27)25(29)30)21-13-15-22(16-14-21)26-17-9-4-2-1-3-6-10-20-11-7-5-8-12-20/h13-16,20,24,26H,1-12,17-19H2,(H,29,30). The summed E-state index contributed by atoms with van der Waals surface area (Å²) < 4.78 is 0. The highest BCUT2D eigenvalue weighted by Crippen LogP contribution is 2.28. The quantitative estimate of drug-likeness (QED) is 0.385. The monoisotopic (exact) mass is 446 g/mol. The van der Waals surface area contributed by atoms with Gasteiger partial charge in [0.25, 0.3) is 5.91 Å². The van der Waals surface area contributed by atoms with Crippen LogP contribution in [0.3, 0.4) is 0 Å². The number of carbonyl (C=O) groups is 2. The second-order valence-electron chi connectivity index (χ2n) is 8.98. The molecule has 0 radical (unpaired) electrons. The molecule has 1 aliphatic heterocycles. The van der Waals surface area contributed by atoms with E-state index in [0.29, 0.717) is 17.9 Å². The number of carboxylic acid groups (broad SMARTS) is 1. The van der Waals surface area contributed by atoms with Gasteiger partial charge < -0.3 is 15.3 Å². The van der Waals surface area contributed by atoms with Crippen LogP contribution in [0, 0.1) is 5.92 Å². The molecular formula is C25H38N2O3S. The molecule has 2 aliphatic rings. The van der Waals surface area contributed by atoms with Crippen LogP contribution >= 0.6 is 11.8 Å². The van der Waals surface area contributed by atoms with Gasteiger partial charge in [-0.25, -0.2) is 4.79 Å². The fourth-order valence-electron chi connectivity index (χ4n) is 4.75. The summed E-state index contributed by atoms with van der Waals surface area (Å²) in [5.74, 6) is 0.543. The van der Waals surface area contributed by atoms with Crippen molar-refractivity contribution >= 4 is 29.3 Å². The Balaban J connectivity index is 1.25. The largest absolute Gasteiger partial charge is 0.479 e. The molecule has 1 saturated carbocycles. The first kappa shape index (κ1) is 24.0. The minimum Gasteiger partial charge on any atom is -0.479 e. The predicted molar refractivity (Wildman–Crippen MR) is 129 cm³/mol. The molecule has 172 valence electrons. The summed E-state index contributed by atoms with van der Waals surface area (Å²) in [7, 11) is 0. The number of hydrogen-bond donors (Lipinski definition) is 2. The van der Waals surface area contributed by atoms with Crippen LogP contribution < -0.4 is 5.32 Å². The second kappa shape index (κ2) is 13.0. The van der Waals surface area contributed by atoms with Crippen molar-refractivity contribution < 1.29 is 14.7 Å². The third-order valence-electron chi connectivity index (χ3n) is 6.59. The predicted octanol–water partition coefficient (Wildman–Crippen LogP) is 6.01. The van der Waals surface area contributed by atoms with Gasteiger partial charge in [0.05, 0.1) is 0 Å². The highest BCUT2D eigenvalue weighted by molar-refractivity contribution is 8.00. The smallest absolute Gasteiger partial charge is 0.337 e. The number of anilines is 1. The van der Waals surface area contributed by atoms with Gasteiger partial charge in [0, 0.05) is 30.1 Å². The van der Waals surface area contributed by atoms with Crippen molar-refractivity contribution in [1.29, 1.82) is 0 Å². The van der Waals surface area contributed by atoms with Crippen molar-refractivity contribution in [2.75, 3.05) is 24.2 Å². The number of nitrogens with zero attached hydrogens (tertiary/aromatic N) is 1. The normalized spacial score (nSPS) is 19.5. The van der Waals surface area contributed by atoms with Crippen LogP contribution in [0.2, 0.25) is 0 Å². The molecule has 31 heavy (non-hydrogen) atoms. The molecule has 1 atom stereocenters. The summed E-state index contributed by atoms with van der Waals surface area (Å²) in [6.45, 7) is 1.43. The molecule has 1 aliphatic carbocycles. The van der Waals surface area contributed by atoms with Crippen LogP contribution in [0.4, 0.5) is 5.69 Å². The number of unbranched alkanes of at least 4 members (excludes halogenated alkanes) is 5. The van der Waals surface area contributed by atoms with Gasteiger partial charge >= 0.3 is 5.97 Å². The average molecular weight is 447 g/mol. The number of amides is 1. The molecule has 2 fully saturated rings. The zero-order chi connectivity index (χ0) is 21.9. The van der Waals surface area contributed by atoms with Crippen LogP contribution in [0.5, 0.6) is 0 Å². The number of carboxylic acids is 1. The molecule has 1 aromatic carbocycles. The highest BCUT2D eigenvalue weighted by Gasteiger charge is 2.35. The molecule has 1 saturated heterocycles. The van der Waals surface area contributed by atoms with E-state index in [2.05, 4.69) is 5.32 Å². The van der Waals surface area contributed by atoms with E-state index in [1.807, 2.05) is 12.1 Å². The lowest BCUT2D eigenvalue weighted by molar-refractivity contribution is -0.138. The molecule has 2 N–H and O–H groups in total. The Kier molecular flexibility index (Phi) is 10.0. The number of nitrogens with one attached hydrogen (secondary N) is 1. The second-order valence-corrected chi connectivity index (χ2v) is 10.2. The maximum atomic E-state index is 12.6. The minimum atomic E-state index is -0.946. The lowest BCUT2D eigenvalue weighted by Gasteiger charge is -2.21. The lowest BCUT2D eigenvalue weighted by Crippen LogP contribution is -2.39. The van der Waals surface area contributed by atoms with E-state index in [0.717, 1.165) is 24.6 Å². The first-order valence-electron chi connectivity index (χ1n) is 12.1. The molecular weight excluding hydrogens is 408 g/mol. The molecule has 1 heterocycles. The first-order chi connectivity index (χ1) is 15.1. The maximum absolute atomic E-state index is 12.6. The van der Waals surface area contributed by atoms with Crippen LogP contribution in [0.1, 0.15) is 87.4 Å². The summed E-state index contributed by atoms with van der Waals surface area (Å²) in [4.78, 5) is 25.3. The Morgan fingerprint density at radius 1 is 0.968 bits per heavy atom. The van der Waals surface area contributed by atoms with Gasteiger partial charge in [-0.2, -0.15) is 0 Å². The highest BCUT2D eigenvalue weighted by atomic mass is 32.2. The first-order valence-corrected chi connectivity index (χ1v) is 13.2. The summed E-state index contributed by atoms with van der Waals surface area (Å²) in [6, 6.07) is 7.41. The van der Waals surface area contributed by atoms with Crippen molar-refractivity contribution in [3.8, 4) is 0 Å². The van der Waals surface area contributed by atoms with E-state index in [9.17, 15) is 14.7 Å². The topological polar surface area (TPSA) is 69.6 Å². The van der Waals surface area contributed by atoms with Gasteiger partial charge in [-0.1, -0.05) is 70.6 Å². The molecule has 1 aromatic rings. The van der Waals surface area contributed by atoms with Gasteiger partial charge in [-0.05, 0) is 36.6 Å². The van der Waals surface area contributed by atoms with Crippen LogP contribution in [-0.4, -0.2) is 46.1 Å². The van der Waals surface area contributed by atoms with Crippen LogP contribution in [-0.2, 0) is 4.79 Å². The molecule has 6 heteroatoms. The Hall–Kier alpha value is -1.69. The van der Waals surface area contributed by atoms with Crippen LogP contribution in [0.25, 0.3) is 0 Å². The third kappa shape index (κ3) is 7.74. The average Bonchev–Trinajstić information content (AvgIpc) is 3.29. The maximum Gasteiger partial charge on any atom is 0.337 e. The molecule has 0 bridgehead atoms. The fourth-order valence-corrected chi connectivity index (χ4v) is 5.80. The van der Waals surface area contributed by atoms with E-state index >= 15 is 0 Å². The lowest BCUT2D eigenvalue weighted by atomic mass is 9.85. The minimum absolute atomic E-state index is 0.201. The number of rotatable bonds is 12. The molecule has 0 aromatic heterocycles. The Morgan fingerprint density at radius 3 is 2.35 bits per heavy atom. The van der Waals surface area contributed by atoms with Gasteiger partial charge in [-0.3, -0.25) is 4.79 Å². The van der Waals surface area contributed by atoms with E-state index in [1.54, 1.807) is 12.1 Å². The van der Waals surface area contributed by atoms with E-state index in [1.165, 1.54) is 87.3 Å². The number of carbonyl (C=O) groups excluding carboxylic acids is 1. The summed E-state index contributed by atoms with van der Waals surface area (Å²) in [6.07, 6.45) is 16.7. The van der Waals surface area contributed by atoms with E-state index in [-0.39, 0.29) is 5.91 Å². The third-order valence-corrected chi connectivity index (χ3v) is 7.78. The summed E-state index contributed by atoms with van der Waals surface area (Å²) >= 11 is 1.31. The van der Waals surface area contributed by atoms with Gasteiger partial charge in [-0.15, -0.1) is 11.8 Å². The van der Waals surface area contributed by atoms with E-state index in [4.69, 9.17) is 0 Å². The molecule has 0 spiro atoms. The van der Waals surface area contributed by atoms with Crippen molar-refractivity contribution in [2.24, 2.45) is 5.92 Å². The van der Waals surface area contributed by atoms with Crippen molar-refractivity contribution in [3.63, 3.8) is 0 Å². The van der Waals surface area contributed by atoms with Crippen molar-refractivity contribution in [3.05, 3.63) is 29.8 Å². The zero-order valence-electron chi connectivity index (χ0n) is 18.7. The van der Waals surface area contributed by atoms with Crippen molar-refractivity contribution in [1.82, 2.24) is 4.90 Å². The Labute approximate surface area is 191 Å². The number of thioether (sulfide) groups is 1. The summed E-state index contributed by atoms with van der Waals surface area (Å²) in [5.41, 5.74) is 1.56. The fraction of sp³-hybridized carbons (Fsp3) is 0.680. The van der Waals surface area contributed by atoms with Crippen molar-refractivity contribution in [2.45, 2.75) is 82.4 Å². The summed E-state index contributed by atoms with van der Waals surface area (Å²) in [5, 5.41) is 11.9. The van der Waals surface area contributed by atoms with Gasteiger partial charge in [0.1, 0.15) is 0 Å². The number of benzene rings is 1. The molecule has 1 amide bonds. The Morgan fingerprint density at radius 2 is 1.65 bits per heavy atom. The molecule has 5 nitrogen and oxygen atoms in total. The number of hydrogen-bond acceptors (Lipinski definition) is 4. The van der Waals surface area contributed by atoms with E-state index < -0.39 is 11.3 Å². The molecule has 1 unspecified atom stereocenters. The molecule has 3 rings (SSSR count). The zero-order valence-corrected chi connectivity index (χ0v) is 19.5. The van der Waals surface area contributed by atoms with Gasteiger partial charge in [0.15, 0.2) is 5.37 Å². The Bertz CT molecular complexity index is 689. The van der Waals surface area contributed by atoms with Gasteiger partial charge in [0.2, 0.25) is 0 Å². The number of aliphatic carboxylic acids is 1.